The highest BCUT2D eigenvalue weighted by Gasteiger charge is 2.34. The average Bonchev–Trinajstić information content (AvgIpc) is 2.89. The molecular formula is C28H29ClFN3O3. The molecule has 1 saturated heterocycles. The molecule has 0 saturated carbocycles. The second kappa shape index (κ2) is 11.7. The molecule has 1 fully saturated rings. The fourth-order valence-corrected chi connectivity index (χ4v) is 4.88. The predicted octanol–water partition coefficient (Wildman–Crippen LogP) is 4.71. The monoisotopic (exact) mass is 509 g/mol. The van der Waals surface area contributed by atoms with Crippen molar-refractivity contribution in [3.63, 3.8) is 0 Å². The molecule has 0 spiro atoms. The van der Waals surface area contributed by atoms with Gasteiger partial charge in [0, 0.05) is 31.7 Å². The third-order valence-electron chi connectivity index (χ3n) is 6.54. The van der Waals surface area contributed by atoms with E-state index >= 15 is 0 Å². The molecule has 36 heavy (non-hydrogen) atoms. The molecule has 0 unspecified atom stereocenters. The highest BCUT2D eigenvalue weighted by Crippen LogP contribution is 2.38. The van der Waals surface area contributed by atoms with Crippen molar-refractivity contribution in [3.05, 3.63) is 94.3 Å². The zero-order chi connectivity index (χ0) is 25.7. The van der Waals surface area contributed by atoms with E-state index < -0.39 is 6.10 Å². The van der Waals surface area contributed by atoms with E-state index in [1.807, 2.05) is 12.1 Å². The van der Waals surface area contributed by atoms with E-state index in [-0.39, 0.29) is 31.1 Å². The van der Waals surface area contributed by atoms with Crippen molar-refractivity contribution in [3.8, 4) is 11.8 Å². The van der Waals surface area contributed by atoms with Crippen molar-refractivity contribution in [2.24, 2.45) is 0 Å². The Morgan fingerprint density at radius 3 is 2.47 bits per heavy atom. The van der Waals surface area contributed by atoms with Gasteiger partial charge in [-0.15, -0.1) is 0 Å². The largest absolute Gasteiger partial charge is 0.491 e. The van der Waals surface area contributed by atoms with Crippen molar-refractivity contribution in [2.75, 3.05) is 37.7 Å². The zero-order valence-corrected chi connectivity index (χ0v) is 20.8. The number of β-amino-alcohol motifs (C(OH)–C–C–N with tert-alkyl or cyclic N) is 1. The fourth-order valence-electron chi connectivity index (χ4n) is 4.60. The molecule has 1 heterocycles. The molecule has 3 atom stereocenters. The van der Waals surface area contributed by atoms with E-state index in [4.69, 9.17) is 26.7 Å². The first-order chi connectivity index (χ1) is 17.4. The molecule has 1 aliphatic heterocycles. The van der Waals surface area contributed by atoms with Crippen LogP contribution in [0.25, 0.3) is 0 Å². The fraction of sp³-hybridized carbons (Fsp3) is 0.321. The number of nitrogens with zero attached hydrogens (tertiary/aromatic N) is 3. The third-order valence-corrected chi connectivity index (χ3v) is 6.85. The molecule has 3 aromatic rings. The predicted molar refractivity (Wildman–Crippen MR) is 138 cm³/mol. The van der Waals surface area contributed by atoms with Crippen LogP contribution in [0.15, 0.2) is 66.7 Å². The number of aliphatic hydroxyl groups excluding tert-OH is 2. The van der Waals surface area contributed by atoms with Gasteiger partial charge in [0.05, 0.1) is 41.1 Å². The van der Waals surface area contributed by atoms with E-state index in [9.17, 15) is 9.50 Å². The first-order valence-corrected chi connectivity index (χ1v) is 12.2. The Labute approximate surface area is 215 Å². The van der Waals surface area contributed by atoms with Gasteiger partial charge in [-0.05, 0) is 54.4 Å². The number of halogens is 2. The molecule has 8 heteroatoms. The number of benzene rings is 3. The van der Waals surface area contributed by atoms with E-state index in [2.05, 4.69) is 22.8 Å². The first-order valence-electron chi connectivity index (χ1n) is 11.9. The van der Waals surface area contributed by atoms with Gasteiger partial charge in [-0.2, -0.15) is 5.26 Å². The van der Waals surface area contributed by atoms with Crippen LogP contribution in [0.3, 0.4) is 0 Å². The molecule has 188 valence electrons. The molecule has 1 aliphatic rings. The van der Waals surface area contributed by atoms with Crippen LogP contribution in [0.5, 0.6) is 5.75 Å². The standard InChI is InChI=1S/C28H29ClFN3O3/c1-19-16-33(26-11-10-24(14-25(26)29)36-13-12-34)27(21-6-8-23(30)9-7-21)17-32(19)18-28(35)22-4-2-20(15-31)3-5-22/h2-11,14,19,27-28,34-35H,12-13,16-18H2,1H3/t19-,27+,28-/m1/s1. The van der Waals surface area contributed by atoms with Crippen molar-refractivity contribution >= 4 is 17.3 Å². The quantitative estimate of drug-likeness (QED) is 0.458. The molecule has 0 amide bonds. The summed E-state index contributed by atoms with van der Waals surface area (Å²) in [6.45, 7) is 3.86. The second-order valence-corrected chi connectivity index (χ2v) is 9.36. The number of anilines is 1. The lowest BCUT2D eigenvalue weighted by atomic mass is 9.97. The molecule has 0 radical (unpaired) electrons. The van der Waals surface area contributed by atoms with Gasteiger partial charge in [-0.1, -0.05) is 35.9 Å². The minimum atomic E-state index is -0.716. The minimum Gasteiger partial charge on any atom is -0.491 e. The van der Waals surface area contributed by atoms with E-state index in [0.29, 0.717) is 36.0 Å². The topological polar surface area (TPSA) is 80.0 Å². The number of hydrogen-bond donors (Lipinski definition) is 2. The third kappa shape index (κ3) is 5.97. The van der Waals surface area contributed by atoms with Crippen LogP contribution < -0.4 is 9.64 Å². The number of hydrogen-bond acceptors (Lipinski definition) is 6. The first kappa shape index (κ1) is 25.9. The smallest absolute Gasteiger partial charge is 0.123 e. The van der Waals surface area contributed by atoms with Gasteiger partial charge in [0.15, 0.2) is 0 Å². The van der Waals surface area contributed by atoms with Crippen LogP contribution in [0.2, 0.25) is 5.02 Å². The Hall–Kier alpha value is -3.15. The van der Waals surface area contributed by atoms with Gasteiger partial charge in [-0.3, -0.25) is 4.90 Å². The van der Waals surface area contributed by atoms with Crippen molar-refractivity contribution < 1.29 is 19.3 Å². The summed E-state index contributed by atoms with van der Waals surface area (Å²) in [6, 6.07) is 21.0. The number of rotatable bonds is 8. The van der Waals surface area contributed by atoms with Crippen LogP contribution in [0.1, 0.15) is 35.8 Å². The average molecular weight is 510 g/mol. The lowest BCUT2D eigenvalue weighted by Crippen LogP contribution is -2.54. The van der Waals surface area contributed by atoms with Crippen LogP contribution >= 0.6 is 11.6 Å². The summed E-state index contributed by atoms with van der Waals surface area (Å²) in [7, 11) is 0. The molecule has 6 nitrogen and oxygen atoms in total. The van der Waals surface area contributed by atoms with Crippen LogP contribution in [-0.2, 0) is 0 Å². The van der Waals surface area contributed by atoms with Crippen LogP contribution in [0.4, 0.5) is 10.1 Å². The number of nitriles is 1. The molecular weight excluding hydrogens is 481 g/mol. The van der Waals surface area contributed by atoms with E-state index in [1.54, 1.807) is 42.5 Å². The second-order valence-electron chi connectivity index (χ2n) is 8.96. The molecule has 3 aromatic carbocycles. The number of aliphatic hydroxyl groups is 2. The number of piperazine rings is 1. The van der Waals surface area contributed by atoms with Crippen LogP contribution in [0, 0.1) is 17.1 Å². The summed E-state index contributed by atoms with van der Waals surface area (Å²) in [5, 5.41) is 29.5. The van der Waals surface area contributed by atoms with Crippen molar-refractivity contribution in [2.45, 2.75) is 25.1 Å². The van der Waals surface area contributed by atoms with E-state index in [1.165, 1.54) is 12.1 Å². The minimum absolute atomic E-state index is 0.0835. The molecule has 0 bridgehead atoms. The maximum Gasteiger partial charge on any atom is 0.123 e. The molecule has 0 aromatic heterocycles. The summed E-state index contributed by atoms with van der Waals surface area (Å²) in [5.41, 5.74) is 3.08. The Morgan fingerprint density at radius 2 is 1.83 bits per heavy atom. The number of ether oxygens (including phenoxy) is 1. The van der Waals surface area contributed by atoms with E-state index in [0.717, 1.165) is 16.8 Å². The molecule has 2 N–H and O–H groups in total. The normalized spacial score (nSPS) is 19.1. The van der Waals surface area contributed by atoms with Gasteiger partial charge in [0.2, 0.25) is 0 Å². The summed E-state index contributed by atoms with van der Waals surface area (Å²) in [5.74, 6) is 0.277. The summed E-state index contributed by atoms with van der Waals surface area (Å²) >= 11 is 6.67. The highest BCUT2D eigenvalue weighted by atomic mass is 35.5. The van der Waals surface area contributed by atoms with Gasteiger partial charge < -0.3 is 19.8 Å². The van der Waals surface area contributed by atoms with Gasteiger partial charge in [0.25, 0.3) is 0 Å². The Bertz CT molecular complexity index is 1200. The maximum atomic E-state index is 13.7. The van der Waals surface area contributed by atoms with Crippen molar-refractivity contribution in [1.29, 1.82) is 5.26 Å². The molecule has 4 rings (SSSR count). The van der Waals surface area contributed by atoms with Gasteiger partial charge in [-0.25, -0.2) is 4.39 Å². The maximum absolute atomic E-state index is 13.7. The lowest BCUT2D eigenvalue weighted by molar-refractivity contribution is 0.0740. The summed E-state index contributed by atoms with van der Waals surface area (Å²) in [4.78, 5) is 4.43. The lowest BCUT2D eigenvalue weighted by Gasteiger charge is -2.47. The van der Waals surface area contributed by atoms with Gasteiger partial charge in [0.1, 0.15) is 18.2 Å². The van der Waals surface area contributed by atoms with Gasteiger partial charge >= 0.3 is 0 Å². The molecule has 0 aliphatic carbocycles. The SMILES string of the molecule is C[C@@H]1CN(c2ccc(OCCO)cc2Cl)[C@H](c2ccc(F)cc2)CN1C[C@@H](O)c1ccc(C#N)cc1. The Kier molecular flexibility index (Phi) is 8.44. The Balaban J connectivity index is 1.59. The highest BCUT2D eigenvalue weighted by molar-refractivity contribution is 6.33. The van der Waals surface area contributed by atoms with Crippen LogP contribution in [-0.4, -0.2) is 54.0 Å². The zero-order valence-electron chi connectivity index (χ0n) is 20.0. The van der Waals surface area contributed by atoms with Crippen molar-refractivity contribution in [1.82, 2.24) is 4.90 Å². The summed E-state index contributed by atoms with van der Waals surface area (Å²) in [6.07, 6.45) is -0.716. The summed E-state index contributed by atoms with van der Waals surface area (Å²) < 4.78 is 19.2. The Morgan fingerprint density at radius 1 is 1.11 bits per heavy atom.